The zero-order valence-electron chi connectivity index (χ0n) is 13.9. The smallest absolute Gasteiger partial charge is 0.130 e. The van der Waals surface area contributed by atoms with E-state index in [9.17, 15) is 0 Å². The van der Waals surface area contributed by atoms with Crippen molar-refractivity contribution < 1.29 is 9.47 Å². The predicted octanol–water partition coefficient (Wildman–Crippen LogP) is 5.15. The second-order valence-electron chi connectivity index (χ2n) is 6.04. The standard InChI is InChI=1S/C20H26O2/c1-4-14-11-12-17-18(13-14)20(22-6-3)16-10-8-7-9-15(16)19(17)21-5-2/h7-10,14H,4-6,11-13H2,1-3H3. The summed E-state index contributed by atoms with van der Waals surface area (Å²) in [6.45, 7) is 7.84. The number of fused-ring (bicyclic) bond motifs is 2. The van der Waals surface area contributed by atoms with Crippen LogP contribution in [0.4, 0.5) is 0 Å². The molecule has 0 aliphatic heterocycles. The molecule has 2 heteroatoms. The maximum atomic E-state index is 6.09. The normalized spacial score (nSPS) is 17.3. The van der Waals surface area contributed by atoms with Gasteiger partial charge in [0.2, 0.25) is 0 Å². The van der Waals surface area contributed by atoms with E-state index in [4.69, 9.17) is 9.47 Å². The van der Waals surface area contributed by atoms with Gasteiger partial charge in [0.25, 0.3) is 0 Å². The van der Waals surface area contributed by atoms with Crippen molar-refractivity contribution in [2.75, 3.05) is 13.2 Å². The Morgan fingerprint density at radius 2 is 1.50 bits per heavy atom. The van der Waals surface area contributed by atoms with Gasteiger partial charge in [-0.3, -0.25) is 0 Å². The van der Waals surface area contributed by atoms with E-state index in [0.29, 0.717) is 13.2 Å². The molecule has 0 fully saturated rings. The maximum Gasteiger partial charge on any atom is 0.130 e. The van der Waals surface area contributed by atoms with Crippen molar-refractivity contribution >= 4 is 10.8 Å². The first-order valence-electron chi connectivity index (χ1n) is 8.62. The largest absolute Gasteiger partial charge is 0.493 e. The number of benzene rings is 2. The zero-order chi connectivity index (χ0) is 15.5. The van der Waals surface area contributed by atoms with Crippen LogP contribution < -0.4 is 9.47 Å². The van der Waals surface area contributed by atoms with Crippen molar-refractivity contribution in [3.8, 4) is 11.5 Å². The summed E-state index contributed by atoms with van der Waals surface area (Å²) in [5.41, 5.74) is 2.77. The highest BCUT2D eigenvalue weighted by atomic mass is 16.5. The van der Waals surface area contributed by atoms with Crippen molar-refractivity contribution in [2.45, 2.75) is 46.5 Å². The van der Waals surface area contributed by atoms with Crippen LogP contribution in [0.25, 0.3) is 10.8 Å². The molecular formula is C20H26O2. The van der Waals surface area contributed by atoms with Crippen LogP contribution in [0.2, 0.25) is 0 Å². The molecule has 0 heterocycles. The number of hydrogen-bond acceptors (Lipinski definition) is 2. The minimum absolute atomic E-state index is 0.710. The molecule has 2 aromatic rings. The van der Waals surface area contributed by atoms with Crippen LogP contribution in [0.3, 0.4) is 0 Å². The molecule has 0 bridgehead atoms. The predicted molar refractivity (Wildman–Crippen MR) is 92.1 cm³/mol. The van der Waals surface area contributed by atoms with Gasteiger partial charge in [-0.2, -0.15) is 0 Å². The monoisotopic (exact) mass is 298 g/mol. The molecule has 1 aliphatic carbocycles. The van der Waals surface area contributed by atoms with Crippen molar-refractivity contribution in [3.63, 3.8) is 0 Å². The second-order valence-corrected chi connectivity index (χ2v) is 6.04. The van der Waals surface area contributed by atoms with E-state index < -0.39 is 0 Å². The summed E-state index contributed by atoms with van der Waals surface area (Å²) in [6, 6.07) is 8.51. The molecular weight excluding hydrogens is 272 g/mol. The van der Waals surface area contributed by atoms with Crippen molar-refractivity contribution in [3.05, 3.63) is 35.4 Å². The minimum Gasteiger partial charge on any atom is -0.493 e. The van der Waals surface area contributed by atoms with E-state index in [2.05, 4.69) is 45.0 Å². The number of ether oxygens (including phenoxy) is 2. The Morgan fingerprint density at radius 3 is 2.05 bits per heavy atom. The Morgan fingerprint density at radius 1 is 0.909 bits per heavy atom. The average molecular weight is 298 g/mol. The molecule has 2 nitrogen and oxygen atoms in total. The van der Waals surface area contributed by atoms with E-state index in [1.807, 2.05) is 0 Å². The van der Waals surface area contributed by atoms with Crippen molar-refractivity contribution in [1.82, 2.24) is 0 Å². The van der Waals surface area contributed by atoms with Crippen LogP contribution in [-0.2, 0) is 12.8 Å². The lowest BCUT2D eigenvalue weighted by Gasteiger charge is -2.29. The fraction of sp³-hybridized carbons (Fsp3) is 0.500. The van der Waals surface area contributed by atoms with E-state index in [0.717, 1.165) is 30.3 Å². The van der Waals surface area contributed by atoms with Gasteiger partial charge in [0.1, 0.15) is 11.5 Å². The van der Waals surface area contributed by atoms with Gasteiger partial charge in [-0.05, 0) is 39.0 Å². The third kappa shape index (κ3) is 2.55. The molecule has 0 spiro atoms. The minimum atomic E-state index is 0.710. The van der Waals surface area contributed by atoms with Gasteiger partial charge >= 0.3 is 0 Å². The summed E-state index contributed by atoms with van der Waals surface area (Å²) in [7, 11) is 0. The van der Waals surface area contributed by atoms with Crippen LogP contribution in [0.1, 0.15) is 44.7 Å². The van der Waals surface area contributed by atoms with Crippen LogP contribution in [-0.4, -0.2) is 13.2 Å². The van der Waals surface area contributed by atoms with Gasteiger partial charge in [-0.25, -0.2) is 0 Å². The van der Waals surface area contributed by atoms with Crippen LogP contribution in [0, 0.1) is 5.92 Å². The highest BCUT2D eigenvalue weighted by Gasteiger charge is 2.27. The molecule has 0 N–H and O–H groups in total. The molecule has 22 heavy (non-hydrogen) atoms. The molecule has 3 rings (SSSR count). The van der Waals surface area contributed by atoms with E-state index >= 15 is 0 Å². The maximum absolute atomic E-state index is 6.09. The van der Waals surface area contributed by atoms with E-state index in [1.54, 1.807) is 0 Å². The number of hydrogen-bond donors (Lipinski definition) is 0. The zero-order valence-corrected chi connectivity index (χ0v) is 13.9. The summed E-state index contributed by atoms with van der Waals surface area (Å²) in [4.78, 5) is 0. The molecule has 0 amide bonds. The van der Waals surface area contributed by atoms with Gasteiger partial charge in [0.15, 0.2) is 0 Å². The molecule has 1 atom stereocenters. The summed E-state index contributed by atoms with van der Waals surface area (Å²) in [6.07, 6.45) is 4.72. The van der Waals surface area contributed by atoms with Crippen molar-refractivity contribution in [1.29, 1.82) is 0 Å². The summed E-state index contributed by atoms with van der Waals surface area (Å²) < 4.78 is 12.2. The molecule has 0 saturated heterocycles. The van der Waals surface area contributed by atoms with E-state index in [-0.39, 0.29) is 0 Å². The molecule has 0 aromatic heterocycles. The first-order chi connectivity index (χ1) is 10.8. The Kier molecular flexibility index (Phi) is 4.56. The lowest BCUT2D eigenvalue weighted by Crippen LogP contribution is -2.17. The molecule has 1 aliphatic rings. The fourth-order valence-electron chi connectivity index (χ4n) is 3.66. The quantitative estimate of drug-likeness (QED) is 0.759. The lowest BCUT2D eigenvalue weighted by molar-refractivity contribution is 0.320. The highest BCUT2D eigenvalue weighted by molar-refractivity contribution is 5.96. The van der Waals surface area contributed by atoms with Gasteiger partial charge in [-0.15, -0.1) is 0 Å². The van der Waals surface area contributed by atoms with Gasteiger partial charge < -0.3 is 9.47 Å². The average Bonchev–Trinajstić information content (AvgIpc) is 2.57. The van der Waals surface area contributed by atoms with Gasteiger partial charge in [-0.1, -0.05) is 37.6 Å². The Labute approximate surface area is 133 Å². The SMILES string of the molecule is CCOc1c2c(c(OCC)c3ccccc13)CC(CC)CC2. The lowest BCUT2D eigenvalue weighted by atomic mass is 9.80. The summed E-state index contributed by atoms with van der Waals surface area (Å²) in [5, 5.41) is 2.39. The summed E-state index contributed by atoms with van der Waals surface area (Å²) >= 11 is 0. The van der Waals surface area contributed by atoms with E-state index in [1.165, 1.54) is 34.7 Å². The Balaban J connectivity index is 2.27. The molecule has 0 saturated carbocycles. The summed E-state index contributed by atoms with van der Waals surface area (Å²) in [5.74, 6) is 2.95. The molecule has 1 unspecified atom stereocenters. The molecule has 118 valence electrons. The second kappa shape index (κ2) is 6.60. The van der Waals surface area contributed by atoms with Gasteiger partial charge in [0, 0.05) is 21.9 Å². The third-order valence-corrected chi connectivity index (χ3v) is 4.78. The van der Waals surface area contributed by atoms with Gasteiger partial charge in [0.05, 0.1) is 13.2 Å². The first-order valence-corrected chi connectivity index (χ1v) is 8.62. The highest BCUT2D eigenvalue weighted by Crippen LogP contribution is 2.45. The molecule has 0 radical (unpaired) electrons. The van der Waals surface area contributed by atoms with Crippen LogP contribution in [0.5, 0.6) is 11.5 Å². The molecule has 2 aromatic carbocycles. The fourth-order valence-corrected chi connectivity index (χ4v) is 3.66. The first kappa shape index (κ1) is 15.2. The van der Waals surface area contributed by atoms with Crippen LogP contribution in [0.15, 0.2) is 24.3 Å². The van der Waals surface area contributed by atoms with Crippen molar-refractivity contribution in [2.24, 2.45) is 5.92 Å². The Bertz CT molecular complexity index is 660. The topological polar surface area (TPSA) is 18.5 Å². The number of rotatable bonds is 5. The third-order valence-electron chi connectivity index (χ3n) is 4.78. The van der Waals surface area contributed by atoms with Crippen LogP contribution >= 0.6 is 0 Å². The Hall–Kier alpha value is -1.70.